The molecule has 0 amide bonds. The van der Waals surface area contributed by atoms with Crippen LogP contribution in [0.5, 0.6) is 5.75 Å². The molecule has 0 saturated carbocycles. The molecule has 3 rings (SSSR count). The first-order chi connectivity index (χ1) is 12.1. The van der Waals surface area contributed by atoms with E-state index in [0.29, 0.717) is 28.4 Å². The highest BCUT2D eigenvalue weighted by atomic mass is 35.5. The van der Waals surface area contributed by atoms with Gasteiger partial charge < -0.3 is 15.4 Å². The predicted octanol–water partition coefficient (Wildman–Crippen LogP) is 5.67. The molecule has 0 aliphatic carbocycles. The molecular weight excluding hydrogens is 359 g/mol. The third kappa shape index (κ3) is 4.75. The molecule has 7 heteroatoms. The highest BCUT2D eigenvalue weighted by molar-refractivity contribution is 6.35. The van der Waals surface area contributed by atoms with Crippen LogP contribution in [0.1, 0.15) is 6.92 Å². The van der Waals surface area contributed by atoms with E-state index in [1.54, 1.807) is 30.5 Å². The SMILES string of the molecule is CCOc1ccccc1Nc1nccc(Nc2cc(Cl)cc(Cl)c2)n1. The summed E-state index contributed by atoms with van der Waals surface area (Å²) in [5.41, 5.74) is 1.55. The lowest BCUT2D eigenvalue weighted by Gasteiger charge is -2.12. The standard InChI is InChI=1S/C18H16Cl2N4O/c1-2-25-16-6-4-3-5-15(16)23-18-21-8-7-17(24-18)22-14-10-12(19)9-13(20)11-14/h3-11H,2H2,1H3,(H2,21,22,23,24). The maximum atomic E-state index is 6.02. The minimum atomic E-state index is 0.449. The molecule has 3 aromatic rings. The maximum Gasteiger partial charge on any atom is 0.229 e. The van der Waals surface area contributed by atoms with Gasteiger partial charge in [-0.05, 0) is 43.3 Å². The molecule has 1 heterocycles. The summed E-state index contributed by atoms with van der Waals surface area (Å²) in [6, 6.07) is 14.6. The Bertz CT molecular complexity index is 853. The van der Waals surface area contributed by atoms with Crippen molar-refractivity contribution in [1.29, 1.82) is 0 Å². The van der Waals surface area contributed by atoms with Crippen molar-refractivity contribution in [3.8, 4) is 5.75 Å². The molecule has 1 aromatic heterocycles. The van der Waals surface area contributed by atoms with Gasteiger partial charge in [0.05, 0.1) is 12.3 Å². The second kappa shape index (κ2) is 8.05. The van der Waals surface area contributed by atoms with Gasteiger partial charge in [0.1, 0.15) is 11.6 Å². The van der Waals surface area contributed by atoms with Gasteiger partial charge in [0, 0.05) is 21.9 Å². The normalized spacial score (nSPS) is 10.4. The first kappa shape index (κ1) is 17.3. The Balaban J connectivity index is 1.80. The first-order valence-electron chi connectivity index (χ1n) is 7.69. The van der Waals surface area contributed by atoms with E-state index < -0.39 is 0 Å². The second-order valence-corrected chi connectivity index (χ2v) is 5.98. The van der Waals surface area contributed by atoms with Crippen molar-refractivity contribution in [3.63, 3.8) is 0 Å². The number of nitrogens with one attached hydrogen (secondary N) is 2. The fraction of sp³-hybridized carbons (Fsp3) is 0.111. The quantitative estimate of drug-likeness (QED) is 0.581. The minimum absolute atomic E-state index is 0.449. The summed E-state index contributed by atoms with van der Waals surface area (Å²) in [7, 11) is 0. The molecule has 0 radical (unpaired) electrons. The average molecular weight is 375 g/mol. The van der Waals surface area contributed by atoms with Crippen LogP contribution < -0.4 is 15.4 Å². The zero-order chi connectivity index (χ0) is 17.6. The smallest absolute Gasteiger partial charge is 0.229 e. The summed E-state index contributed by atoms with van der Waals surface area (Å²) in [5.74, 6) is 1.81. The highest BCUT2D eigenvalue weighted by Gasteiger charge is 2.06. The van der Waals surface area contributed by atoms with E-state index in [1.807, 2.05) is 31.2 Å². The Morgan fingerprint density at radius 1 is 1.00 bits per heavy atom. The third-order valence-corrected chi connectivity index (χ3v) is 3.66. The van der Waals surface area contributed by atoms with Crippen LogP contribution in [0.2, 0.25) is 10.0 Å². The van der Waals surface area contributed by atoms with Crippen LogP contribution in [0.4, 0.5) is 23.1 Å². The van der Waals surface area contributed by atoms with Gasteiger partial charge in [0.25, 0.3) is 0 Å². The van der Waals surface area contributed by atoms with Crippen LogP contribution in [-0.2, 0) is 0 Å². The molecule has 0 saturated heterocycles. The number of halogens is 2. The molecule has 2 aromatic carbocycles. The number of anilines is 4. The molecule has 0 unspecified atom stereocenters. The monoisotopic (exact) mass is 374 g/mol. The lowest BCUT2D eigenvalue weighted by atomic mass is 10.3. The molecular formula is C18H16Cl2N4O. The van der Waals surface area contributed by atoms with Crippen molar-refractivity contribution in [1.82, 2.24) is 9.97 Å². The number of aromatic nitrogens is 2. The van der Waals surface area contributed by atoms with Gasteiger partial charge in [-0.3, -0.25) is 0 Å². The lowest BCUT2D eigenvalue weighted by molar-refractivity contribution is 0.342. The van der Waals surface area contributed by atoms with Crippen LogP contribution >= 0.6 is 23.2 Å². The molecule has 0 atom stereocenters. The number of benzene rings is 2. The molecule has 0 spiro atoms. The van der Waals surface area contributed by atoms with Gasteiger partial charge in [0.15, 0.2) is 0 Å². The minimum Gasteiger partial charge on any atom is -0.492 e. The van der Waals surface area contributed by atoms with Gasteiger partial charge >= 0.3 is 0 Å². The van der Waals surface area contributed by atoms with Crippen molar-refractivity contribution in [2.45, 2.75) is 6.92 Å². The number of ether oxygens (including phenoxy) is 1. The average Bonchev–Trinajstić information content (AvgIpc) is 2.56. The zero-order valence-electron chi connectivity index (χ0n) is 13.5. The van der Waals surface area contributed by atoms with E-state index in [-0.39, 0.29) is 0 Å². The molecule has 0 fully saturated rings. The summed E-state index contributed by atoms with van der Waals surface area (Å²) in [6.45, 7) is 2.52. The van der Waals surface area contributed by atoms with Crippen LogP contribution in [-0.4, -0.2) is 16.6 Å². The Labute approximate surface area is 156 Å². The number of hydrogen-bond donors (Lipinski definition) is 2. The summed E-state index contributed by atoms with van der Waals surface area (Å²) in [5, 5.41) is 7.43. The first-order valence-corrected chi connectivity index (χ1v) is 8.44. The van der Waals surface area contributed by atoms with Crippen molar-refractivity contribution >= 4 is 46.3 Å². The van der Waals surface area contributed by atoms with Crippen molar-refractivity contribution in [2.75, 3.05) is 17.2 Å². The topological polar surface area (TPSA) is 59.1 Å². The maximum absolute atomic E-state index is 6.02. The lowest BCUT2D eigenvalue weighted by Crippen LogP contribution is -2.02. The molecule has 128 valence electrons. The molecule has 2 N–H and O–H groups in total. The second-order valence-electron chi connectivity index (χ2n) is 5.10. The van der Waals surface area contributed by atoms with Crippen LogP contribution in [0.3, 0.4) is 0 Å². The van der Waals surface area contributed by atoms with Gasteiger partial charge in [-0.25, -0.2) is 4.98 Å². The van der Waals surface area contributed by atoms with Crippen molar-refractivity contribution < 1.29 is 4.74 Å². The van der Waals surface area contributed by atoms with E-state index in [9.17, 15) is 0 Å². The third-order valence-electron chi connectivity index (χ3n) is 3.22. The zero-order valence-corrected chi connectivity index (χ0v) is 15.0. The number of nitrogens with zero attached hydrogens (tertiary/aromatic N) is 2. The van der Waals surface area contributed by atoms with Crippen LogP contribution in [0.15, 0.2) is 54.7 Å². The largest absolute Gasteiger partial charge is 0.492 e. The van der Waals surface area contributed by atoms with Gasteiger partial charge in [0.2, 0.25) is 5.95 Å². The summed E-state index contributed by atoms with van der Waals surface area (Å²) >= 11 is 12.0. The van der Waals surface area contributed by atoms with E-state index in [4.69, 9.17) is 27.9 Å². The number of rotatable bonds is 6. The highest BCUT2D eigenvalue weighted by Crippen LogP contribution is 2.27. The Morgan fingerprint density at radius 2 is 1.76 bits per heavy atom. The van der Waals surface area contributed by atoms with E-state index in [2.05, 4.69) is 20.6 Å². The summed E-state index contributed by atoms with van der Waals surface area (Å²) < 4.78 is 5.60. The Kier molecular flexibility index (Phi) is 5.58. The van der Waals surface area contributed by atoms with E-state index in [1.165, 1.54) is 0 Å². The molecule has 0 bridgehead atoms. The fourth-order valence-corrected chi connectivity index (χ4v) is 2.76. The predicted molar refractivity (Wildman–Crippen MR) is 103 cm³/mol. The van der Waals surface area contributed by atoms with E-state index >= 15 is 0 Å². The number of hydrogen-bond acceptors (Lipinski definition) is 5. The van der Waals surface area contributed by atoms with Crippen molar-refractivity contribution in [2.24, 2.45) is 0 Å². The Hall–Kier alpha value is -2.50. The Morgan fingerprint density at radius 3 is 2.52 bits per heavy atom. The van der Waals surface area contributed by atoms with Crippen LogP contribution in [0.25, 0.3) is 0 Å². The van der Waals surface area contributed by atoms with Crippen molar-refractivity contribution in [3.05, 3.63) is 64.8 Å². The van der Waals surface area contributed by atoms with Gasteiger partial charge in [-0.2, -0.15) is 4.98 Å². The van der Waals surface area contributed by atoms with Crippen LogP contribution in [0, 0.1) is 0 Å². The summed E-state index contributed by atoms with van der Waals surface area (Å²) in [6.07, 6.45) is 1.66. The van der Waals surface area contributed by atoms with Gasteiger partial charge in [-0.15, -0.1) is 0 Å². The molecule has 0 aliphatic rings. The van der Waals surface area contributed by atoms with E-state index in [0.717, 1.165) is 17.1 Å². The molecule has 5 nitrogen and oxygen atoms in total. The fourth-order valence-electron chi connectivity index (χ4n) is 2.23. The molecule has 0 aliphatic heterocycles. The molecule has 25 heavy (non-hydrogen) atoms. The van der Waals surface area contributed by atoms with Gasteiger partial charge in [-0.1, -0.05) is 35.3 Å². The number of para-hydroxylation sites is 2. The summed E-state index contributed by atoms with van der Waals surface area (Å²) in [4.78, 5) is 8.69.